The molecule has 1 atom stereocenters. The highest BCUT2D eigenvalue weighted by Crippen LogP contribution is 2.47. The number of nitrogens with one attached hydrogen (secondary N) is 1. The molecule has 0 bridgehead atoms. The Morgan fingerprint density at radius 2 is 2.00 bits per heavy atom. The Morgan fingerprint density at radius 1 is 1.25 bits per heavy atom. The summed E-state index contributed by atoms with van der Waals surface area (Å²) in [5.41, 5.74) is 0.440. The fraction of sp³-hybridized carbons (Fsp3) is 1.00. The first kappa shape index (κ1) is 13.9. The molecule has 0 aromatic carbocycles. The zero-order valence-electron chi connectivity index (χ0n) is 11.1. The van der Waals surface area contributed by atoms with Crippen LogP contribution in [0.5, 0.6) is 0 Å². The molecule has 1 rings (SSSR count). The summed E-state index contributed by atoms with van der Waals surface area (Å²) in [6.07, 6.45) is 4.98. The average molecular weight is 229 g/mol. The zero-order valence-corrected chi connectivity index (χ0v) is 11.1. The summed E-state index contributed by atoms with van der Waals surface area (Å²) in [4.78, 5) is 0. The van der Waals surface area contributed by atoms with Crippen LogP contribution in [0.25, 0.3) is 0 Å². The maximum Gasteiger partial charge on any atom is 0.0487 e. The van der Waals surface area contributed by atoms with Crippen molar-refractivity contribution in [2.75, 3.05) is 40.5 Å². The van der Waals surface area contributed by atoms with Crippen molar-refractivity contribution in [1.29, 1.82) is 0 Å². The van der Waals surface area contributed by atoms with Crippen LogP contribution in [0, 0.1) is 11.3 Å². The van der Waals surface area contributed by atoms with E-state index in [4.69, 9.17) is 9.47 Å². The predicted octanol–water partition coefficient (Wildman–Crippen LogP) is 2.07. The molecule has 3 heteroatoms. The number of ether oxygens (including phenoxy) is 2. The van der Waals surface area contributed by atoms with E-state index in [1.165, 1.54) is 19.3 Å². The van der Waals surface area contributed by atoms with E-state index >= 15 is 0 Å². The summed E-state index contributed by atoms with van der Waals surface area (Å²) >= 11 is 0. The molecule has 0 radical (unpaired) electrons. The summed E-state index contributed by atoms with van der Waals surface area (Å²) in [5.74, 6) is 0.919. The van der Waals surface area contributed by atoms with E-state index in [0.29, 0.717) is 5.41 Å². The largest absolute Gasteiger partial charge is 0.385 e. The molecular formula is C13H27NO2. The Kier molecular flexibility index (Phi) is 6.32. The van der Waals surface area contributed by atoms with Crippen LogP contribution >= 0.6 is 0 Å². The highest BCUT2D eigenvalue weighted by molar-refractivity contribution is 4.92. The molecule has 96 valence electrons. The SMILES string of the molecule is CNCC(C)(CCOCCCOC)C1CC1. The topological polar surface area (TPSA) is 30.5 Å². The minimum Gasteiger partial charge on any atom is -0.385 e. The summed E-state index contributed by atoms with van der Waals surface area (Å²) in [7, 11) is 3.77. The van der Waals surface area contributed by atoms with Crippen molar-refractivity contribution in [1.82, 2.24) is 5.32 Å². The van der Waals surface area contributed by atoms with Crippen LogP contribution in [-0.4, -0.2) is 40.5 Å². The van der Waals surface area contributed by atoms with Gasteiger partial charge in [0.1, 0.15) is 0 Å². The second-order valence-electron chi connectivity index (χ2n) is 5.17. The highest BCUT2D eigenvalue weighted by atomic mass is 16.5. The summed E-state index contributed by atoms with van der Waals surface area (Å²) in [5, 5.41) is 3.32. The number of hydrogen-bond donors (Lipinski definition) is 1. The van der Waals surface area contributed by atoms with Crippen LogP contribution in [0.2, 0.25) is 0 Å². The van der Waals surface area contributed by atoms with Crippen molar-refractivity contribution in [3.05, 3.63) is 0 Å². The van der Waals surface area contributed by atoms with E-state index in [1.54, 1.807) is 7.11 Å². The third-order valence-electron chi connectivity index (χ3n) is 3.60. The predicted molar refractivity (Wildman–Crippen MR) is 66.7 cm³/mol. The molecule has 1 N–H and O–H groups in total. The Balaban J connectivity index is 2.08. The Labute approximate surface area is 99.9 Å². The molecule has 1 saturated carbocycles. The summed E-state index contributed by atoms with van der Waals surface area (Å²) in [6, 6.07) is 0. The summed E-state index contributed by atoms with van der Waals surface area (Å²) in [6.45, 7) is 6.02. The fourth-order valence-electron chi connectivity index (χ4n) is 2.33. The molecule has 1 aliphatic rings. The van der Waals surface area contributed by atoms with E-state index in [9.17, 15) is 0 Å². The maximum atomic E-state index is 5.65. The number of methoxy groups -OCH3 is 1. The van der Waals surface area contributed by atoms with Gasteiger partial charge in [-0.1, -0.05) is 6.92 Å². The van der Waals surface area contributed by atoms with Gasteiger partial charge in [0.15, 0.2) is 0 Å². The van der Waals surface area contributed by atoms with Crippen LogP contribution in [0.4, 0.5) is 0 Å². The van der Waals surface area contributed by atoms with Gasteiger partial charge < -0.3 is 14.8 Å². The first-order valence-electron chi connectivity index (χ1n) is 6.44. The first-order valence-corrected chi connectivity index (χ1v) is 6.44. The molecule has 0 heterocycles. The Bertz CT molecular complexity index is 183. The molecular weight excluding hydrogens is 202 g/mol. The van der Waals surface area contributed by atoms with Gasteiger partial charge in [0.05, 0.1) is 0 Å². The van der Waals surface area contributed by atoms with Crippen LogP contribution in [-0.2, 0) is 9.47 Å². The van der Waals surface area contributed by atoms with Gasteiger partial charge in [-0.25, -0.2) is 0 Å². The third kappa shape index (κ3) is 4.81. The Hall–Kier alpha value is -0.120. The second-order valence-corrected chi connectivity index (χ2v) is 5.17. The molecule has 1 fully saturated rings. The second kappa shape index (κ2) is 7.25. The molecule has 0 amide bonds. The monoisotopic (exact) mass is 229 g/mol. The zero-order chi connectivity index (χ0) is 11.9. The van der Waals surface area contributed by atoms with E-state index in [1.807, 2.05) is 7.05 Å². The van der Waals surface area contributed by atoms with Gasteiger partial charge in [-0.2, -0.15) is 0 Å². The van der Waals surface area contributed by atoms with Crippen LogP contribution in [0.15, 0.2) is 0 Å². The molecule has 1 unspecified atom stereocenters. The first-order chi connectivity index (χ1) is 7.73. The van der Waals surface area contributed by atoms with Crippen molar-refractivity contribution in [3.63, 3.8) is 0 Å². The number of rotatable bonds is 10. The molecule has 0 aromatic heterocycles. The van der Waals surface area contributed by atoms with Crippen molar-refractivity contribution >= 4 is 0 Å². The van der Waals surface area contributed by atoms with Crippen LogP contribution in [0.3, 0.4) is 0 Å². The van der Waals surface area contributed by atoms with Gasteiger partial charge in [-0.15, -0.1) is 0 Å². The maximum absolute atomic E-state index is 5.65. The van der Waals surface area contributed by atoms with Gasteiger partial charge in [0, 0.05) is 33.5 Å². The molecule has 0 spiro atoms. The Morgan fingerprint density at radius 3 is 2.56 bits per heavy atom. The molecule has 1 aliphatic carbocycles. The smallest absolute Gasteiger partial charge is 0.0487 e. The number of hydrogen-bond acceptors (Lipinski definition) is 3. The van der Waals surface area contributed by atoms with Crippen molar-refractivity contribution in [2.45, 2.75) is 32.6 Å². The van der Waals surface area contributed by atoms with Crippen molar-refractivity contribution in [3.8, 4) is 0 Å². The lowest BCUT2D eigenvalue weighted by molar-refractivity contribution is 0.0741. The average Bonchev–Trinajstić information content (AvgIpc) is 3.07. The van der Waals surface area contributed by atoms with E-state index in [2.05, 4.69) is 12.2 Å². The van der Waals surface area contributed by atoms with Crippen molar-refractivity contribution in [2.24, 2.45) is 11.3 Å². The molecule has 0 saturated heterocycles. The van der Waals surface area contributed by atoms with Gasteiger partial charge in [-0.3, -0.25) is 0 Å². The fourth-order valence-corrected chi connectivity index (χ4v) is 2.33. The third-order valence-corrected chi connectivity index (χ3v) is 3.60. The minimum atomic E-state index is 0.440. The summed E-state index contributed by atoms with van der Waals surface area (Å²) < 4.78 is 10.6. The molecule has 16 heavy (non-hydrogen) atoms. The van der Waals surface area contributed by atoms with E-state index in [-0.39, 0.29) is 0 Å². The quantitative estimate of drug-likeness (QED) is 0.582. The van der Waals surface area contributed by atoms with Crippen LogP contribution in [0.1, 0.15) is 32.6 Å². The lowest BCUT2D eigenvalue weighted by Crippen LogP contribution is -2.33. The van der Waals surface area contributed by atoms with E-state index in [0.717, 1.165) is 38.7 Å². The molecule has 0 aliphatic heterocycles. The van der Waals surface area contributed by atoms with Crippen LogP contribution < -0.4 is 5.32 Å². The standard InChI is InChI=1S/C13H27NO2/c1-13(11-14-2,12-5-6-12)7-10-16-9-4-8-15-3/h12,14H,4-11H2,1-3H3. The van der Waals surface area contributed by atoms with E-state index < -0.39 is 0 Å². The van der Waals surface area contributed by atoms with Gasteiger partial charge in [0.2, 0.25) is 0 Å². The molecule has 0 aromatic rings. The van der Waals surface area contributed by atoms with Crippen molar-refractivity contribution < 1.29 is 9.47 Å². The highest BCUT2D eigenvalue weighted by Gasteiger charge is 2.40. The van der Waals surface area contributed by atoms with Gasteiger partial charge in [0.25, 0.3) is 0 Å². The lowest BCUT2D eigenvalue weighted by Gasteiger charge is -2.29. The normalized spacial score (nSPS) is 19.7. The minimum absolute atomic E-state index is 0.440. The molecule has 3 nitrogen and oxygen atoms in total. The van der Waals surface area contributed by atoms with Gasteiger partial charge in [-0.05, 0) is 44.1 Å². The van der Waals surface area contributed by atoms with Gasteiger partial charge >= 0.3 is 0 Å². The lowest BCUT2D eigenvalue weighted by atomic mass is 9.82.